The van der Waals surface area contributed by atoms with Crippen molar-refractivity contribution < 1.29 is 9.59 Å². The summed E-state index contributed by atoms with van der Waals surface area (Å²) in [5.41, 5.74) is 3.64. The van der Waals surface area contributed by atoms with Crippen molar-refractivity contribution in [3.05, 3.63) is 59.7 Å². The van der Waals surface area contributed by atoms with E-state index in [9.17, 15) is 9.59 Å². The maximum Gasteiger partial charge on any atom is 0.246 e. The molecule has 0 saturated carbocycles. The first-order chi connectivity index (χ1) is 14.2. The zero-order valence-electron chi connectivity index (χ0n) is 19.1. The van der Waals surface area contributed by atoms with Gasteiger partial charge in [0.1, 0.15) is 0 Å². The van der Waals surface area contributed by atoms with E-state index in [0.717, 1.165) is 39.0 Å². The third-order valence-electron chi connectivity index (χ3n) is 4.71. The van der Waals surface area contributed by atoms with Gasteiger partial charge in [0, 0.05) is 37.3 Å². The molecular formula is C24H38N4O2. The van der Waals surface area contributed by atoms with E-state index in [1.165, 1.54) is 11.1 Å². The van der Waals surface area contributed by atoms with Gasteiger partial charge in [0.05, 0.1) is 0 Å². The first-order valence-electron chi connectivity index (χ1n) is 10.5. The molecule has 2 N–H and O–H groups in total. The van der Waals surface area contributed by atoms with E-state index >= 15 is 0 Å². The van der Waals surface area contributed by atoms with Crippen molar-refractivity contribution in [3.8, 4) is 0 Å². The number of nitrogens with zero attached hydrogens (tertiary/aromatic N) is 2. The molecule has 166 valence electrons. The number of nitrogens with one attached hydrogen (secondary N) is 2. The van der Waals surface area contributed by atoms with Gasteiger partial charge in [-0.1, -0.05) is 37.4 Å². The Balaban J connectivity index is 2.27. The molecule has 0 spiro atoms. The van der Waals surface area contributed by atoms with Crippen LogP contribution in [0.2, 0.25) is 0 Å². The van der Waals surface area contributed by atoms with E-state index in [2.05, 4.69) is 72.0 Å². The summed E-state index contributed by atoms with van der Waals surface area (Å²) in [4.78, 5) is 27.4. The van der Waals surface area contributed by atoms with Gasteiger partial charge in [-0.3, -0.25) is 9.59 Å². The fourth-order valence-corrected chi connectivity index (χ4v) is 2.94. The molecule has 0 unspecified atom stereocenters. The molecule has 1 aromatic carbocycles. The summed E-state index contributed by atoms with van der Waals surface area (Å²) in [6.07, 6.45) is 1.82. The molecule has 6 nitrogen and oxygen atoms in total. The summed E-state index contributed by atoms with van der Waals surface area (Å²) in [6.45, 7) is 15.6. The van der Waals surface area contributed by atoms with Crippen LogP contribution in [0.3, 0.4) is 0 Å². The minimum absolute atomic E-state index is 0.0742. The van der Waals surface area contributed by atoms with Crippen LogP contribution >= 0.6 is 0 Å². The maximum atomic E-state index is 11.5. The lowest BCUT2D eigenvalue weighted by Gasteiger charge is -2.19. The lowest BCUT2D eigenvalue weighted by molar-refractivity contribution is -0.118. The largest absolute Gasteiger partial charge is 0.352 e. The highest BCUT2D eigenvalue weighted by Gasteiger charge is 2.05. The fraction of sp³-hybridized carbons (Fsp3) is 0.500. The van der Waals surface area contributed by atoms with Gasteiger partial charge >= 0.3 is 0 Å². The van der Waals surface area contributed by atoms with Gasteiger partial charge in [-0.25, -0.2) is 0 Å². The predicted octanol–water partition coefficient (Wildman–Crippen LogP) is 2.71. The fourth-order valence-electron chi connectivity index (χ4n) is 2.94. The van der Waals surface area contributed by atoms with Crippen LogP contribution in [-0.4, -0.2) is 61.9 Å². The molecule has 0 saturated heterocycles. The molecule has 1 aromatic rings. The Bertz CT molecular complexity index is 651. The highest BCUT2D eigenvalue weighted by molar-refractivity contribution is 5.92. The summed E-state index contributed by atoms with van der Waals surface area (Å²) in [5, 5.41) is 5.72. The highest BCUT2D eigenvalue weighted by atomic mass is 16.2. The van der Waals surface area contributed by atoms with E-state index in [4.69, 9.17) is 0 Å². The molecular weight excluding hydrogens is 376 g/mol. The number of rotatable bonds is 14. The van der Waals surface area contributed by atoms with Crippen LogP contribution in [0.25, 0.3) is 0 Å². The van der Waals surface area contributed by atoms with Crippen molar-refractivity contribution in [3.63, 3.8) is 0 Å². The van der Waals surface area contributed by atoms with Gasteiger partial charge in [-0.2, -0.15) is 0 Å². The van der Waals surface area contributed by atoms with Gasteiger partial charge in [-0.15, -0.1) is 0 Å². The normalized spacial score (nSPS) is 10.9. The van der Waals surface area contributed by atoms with Crippen molar-refractivity contribution in [1.29, 1.82) is 0 Å². The molecule has 30 heavy (non-hydrogen) atoms. The van der Waals surface area contributed by atoms with Crippen LogP contribution in [-0.2, 0) is 22.7 Å². The maximum absolute atomic E-state index is 11.5. The second kappa shape index (κ2) is 13.7. The number of hydrogen-bond acceptors (Lipinski definition) is 4. The van der Waals surface area contributed by atoms with Crippen molar-refractivity contribution in [2.75, 3.05) is 40.3 Å². The molecule has 0 aromatic heterocycles. The summed E-state index contributed by atoms with van der Waals surface area (Å²) in [7, 11) is 4.18. The van der Waals surface area contributed by atoms with Crippen molar-refractivity contribution in [2.45, 2.75) is 39.8 Å². The van der Waals surface area contributed by atoms with Gasteiger partial charge in [-0.05, 0) is 65.0 Å². The van der Waals surface area contributed by atoms with Gasteiger partial charge in [0.2, 0.25) is 11.8 Å². The number of carbonyl (C=O) groups excluding carboxylic acids is 2. The first-order valence-corrected chi connectivity index (χ1v) is 10.5. The number of amides is 2. The molecule has 0 atom stereocenters. The number of hydrogen-bond donors (Lipinski definition) is 2. The third-order valence-corrected chi connectivity index (χ3v) is 4.71. The highest BCUT2D eigenvalue weighted by Crippen LogP contribution is 2.09. The Morgan fingerprint density at radius 3 is 1.40 bits per heavy atom. The monoisotopic (exact) mass is 414 g/mol. The lowest BCUT2D eigenvalue weighted by atomic mass is 10.1. The molecule has 0 aliphatic carbocycles. The van der Waals surface area contributed by atoms with Gasteiger partial charge in [0.15, 0.2) is 0 Å². The van der Waals surface area contributed by atoms with Crippen molar-refractivity contribution in [2.24, 2.45) is 0 Å². The standard InChI is InChI=1S/C24H38N4O2/c1-19(2)23(29)25-13-7-15-27(5)17-21-9-11-22(12-10-21)18-28(6)16-8-14-26-24(30)20(3)4/h9-12H,1,3,7-8,13-18H2,2,4-6H3,(H,25,29)(H,26,30). The summed E-state index contributed by atoms with van der Waals surface area (Å²) in [6, 6.07) is 8.70. The van der Waals surface area contributed by atoms with Crippen LogP contribution in [0.15, 0.2) is 48.6 Å². The average molecular weight is 415 g/mol. The van der Waals surface area contributed by atoms with Gasteiger partial charge in [0.25, 0.3) is 0 Å². The van der Waals surface area contributed by atoms with E-state index in [1.807, 2.05) is 0 Å². The molecule has 0 heterocycles. The van der Waals surface area contributed by atoms with Gasteiger partial charge < -0.3 is 20.4 Å². The molecule has 0 aliphatic heterocycles. The van der Waals surface area contributed by atoms with Crippen LogP contribution in [0, 0.1) is 0 Å². The number of benzene rings is 1. The zero-order chi connectivity index (χ0) is 22.5. The second-order valence-corrected chi connectivity index (χ2v) is 8.07. The van der Waals surface area contributed by atoms with Crippen LogP contribution in [0.1, 0.15) is 37.8 Å². The Hall–Kier alpha value is -2.44. The minimum atomic E-state index is -0.0742. The van der Waals surface area contributed by atoms with E-state index in [1.54, 1.807) is 13.8 Å². The summed E-state index contributed by atoms with van der Waals surface area (Å²) in [5.74, 6) is -0.148. The number of carbonyl (C=O) groups is 2. The average Bonchev–Trinajstić information content (AvgIpc) is 2.69. The van der Waals surface area contributed by atoms with Crippen LogP contribution in [0.4, 0.5) is 0 Å². The molecule has 2 amide bonds. The van der Waals surface area contributed by atoms with Crippen molar-refractivity contribution in [1.82, 2.24) is 20.4 Å². The third kappa shape index (κ3) is 10.9. The lowest BCUT2D eigenvalue weighted by Crippen LogP contribution is -2.28. The zero-order valence-corrected chi connectivity index (χ0v) is 19.1. The molecule has 6 heteroatoms. The Labute approximate surface area is 182 Å². The summed E-state index contributed by atoms with van der Waals surface area (Å²) >= 11 is 0. The molecule has 0 fully saturated rings. The minimum Gasteiger partial charge on any atom is -0.352 e. The predicted molar refractivity (Wildman–Crippen MR) is 124 cm³/mol. The van der Waals surface area contributed by atoms with Crippen LogP contribution in [0.5, 0.6) is 0 Å². The topological polar surface area (TPSA) is 64.7 Å². The summed E-state index contributed by atoms with van der Waals surface area (Å²) < 4.78 is 0. The molecule has 0 radical (unpaired) electrons. The van der Waals surface area contributed by atoms with Crippen molar-refractivity contribution >= 4 is 11.8 Å². The van der Waals surface area contributed by atoms with E-state index in [0.29, 0.717) is 24.2 Å². The molecule has 0 bridgehead atoms. The second-order valence-electron chi connectivity index (χ2n) is 8.07. The Morgan fingerprint density at radius 1 is 0.767 bits per heavy atom. The quantitative estimate of drug-likeness (QED) is 0.363. The SMILES string of the molecule is C=C(C)C(=O)NCCCN(C)Cc1ccc(CN(C)CCCNC(=O)C(=C)C)cc1. The smallest absolute Gasteiger partial charge is 0.246 e. The van der Waals surface area contributed by atoms with E-state index < -0.39 is 0 Å². The van der Waals surface area contributed by atoms with Crippen LogP contribution < -0.4 is 10.6 Å². The molecule has 1 rings (SSSR count). The Kier molecular flexibility index (Phi) is 11.7. The van der Waals surface area contributed by atoms with E-state index in [-0.39, 0.29) is 11.8 Å². The Morgan fingerprint density at radius 2 is 1.10 bits per heavy atom. The molecule has 0 aliphatic rings. The first kappa shape index (κ1) is 25.6.